The van der Waals surface area contributed by atoms with Crippen molar-refractivity contribution in [1.29, 1.82) is 0 Å². The molecule has 2 saturated heterocycles. The Labute approximate surface area is 154 Å². The smallest absolute Gasteiger partial charge is 0.224 e. The molecule has 2 amide bonds. The van der Waals surface area contributed by atoms with E-state index in [2.05, 4.69) is 32.4 Å². The van der Waals surface area contributed by atoms with Gasteiger partial charge in [-0.25, -0.2) is 4.98 Å². The predicted molar refractivity (Wildman–Crippen MR) is 97.5 cm³/mol. The highest BCUT2D eigenvalue weighted by Gasteiger charge is 2.34. The van der Waals surface area contributed by atoms with Crippen LogP contribution in [0.4, 0.5) is 0 Å². The first kappa shape index (κ1) is 18.8. The van der Waals surface area contributed by atoms with E-state index in [0.717, 1.165) is 50.4 Å². The van der Waals surface area contributed by atoms with Crippen LogP contribution < -0.4 is 5.32 Å². The van der Waals surface area contributed by atoms with Gasteiger partial charge in [0.15, 0.2) is 5.82 Å². The van der Waals surface area contributed by atoms with Gasteiger partial charge in [0, 0.05) is 51.0 Å². The van der Waals surface area contributed by atoms with Crippen LogP contribution in [0.3, 0.4) is 0 Å². The number of aryl methyl sites for hydroxylation is 1. The topological polar surface area (TPSA) is 94.2 Å². The number of amides is 2. The Morgan fingerprint density at radius 1 is 1.19 bits per heavy atom. The molecule has 1 aromatic rings. The highest BCUT2D eigenvalue weighted by Crippen LogP contribution is 2.28. The third kappa shape index (κ3) is 4.41. The lowest BCUT2D eigenvalue weighted by molar-refractivity contribution is -0.133. The Hall–Kier alpha value is -1.96. The van der Waals surface area contributed by atoms with Crippen molar-refractivity contribution < 1.29 is 9.59 Å². The number of hydrogen-bond acceptors (Lipinski definition) is 5. The van der Waals surface area contributed by atoms with Crippen molar-refractivity contribution in [3.8, 4) is 0 Å². The number of carbonyl (C=O) groups is 2. The van der Waals surface area contributed by atoms with Crippen molar-refractivity contribution in [2.45, 2.75) is 64.0 Å². The number of nitrogens with zero attached hydrogens (tertiary/aromatic N) is 4. The molecule has 2 N–H and O–H groups in total. The Kier molecular flexibility index (Phi) is 5.90. The van der Waals surface area contributed by atoms with Gasteiger partial charge in [-0.3, -0.25) is 19.6 Å². The first-order valence-corrected chi connectivity index (χ1v) is 9.57. The van der Waals surface area contributed by atoms with Crippen molar-refractivity contribution in [3.63, 3.8) is 0 Å². The molecule has 0 radical (unpaired) electrons. The molecule has 0 saturated carbocycles. The van der Waals surface area contributed by atoms with Crippen LogP contribution in [0.15, 0.2) is 0 Å². The summed E-state index contributed by atoms with van der Waals surface area (Å²) in [6.45, 7) is 5.68. The summed E-state index contributed by atoms with van der Waals surface area (Å²) in [5.41, 5.74) is 0. The molecule has 0 bridgehead atoms. The third-order valence-corrected chi connectivity index (χ3v) is 5.81. The van der Waals surface area contributed by atoms with Gasteiger partial charge < -0.3 is 10.2 Å². The SMILES string of the molecule is CC(=O)NC[C@H]1CC[C@@H](CC(=O)N2CCC(c3n[nH]c(C)n3)CC2)N1C. The molecule has 26 heavy (non-hydrogen) atoms. The number of hydrogen-bond donors (Lipinski definition) is 2. The lowest BCUT2D eigenvalue weighted by Gasteiger charge is -2.33. The molecular formula is C18H30N6O2. The number of nitrogens with one attached hydrogen (secondary N) is 2. The second kappa shape index (κ2) is 8.16. The minimum atomic E-state index is 0.00222. The van der Waals surface area contributed by atoms with Crippen LogP contribution >= 0.6 is 0 Å². The molecule has 2 aliphatic rings. The lowest BCUT2D eigenvalue weighted by atomic mass is 9.95. The Morgan fingerprint density at radius 2 is 1.88 bits per heavy atom. The van der Waals surface area contributed by atoms with Gasteiger partial charge in [-0.1, -0.05) is 0 Å². The first-order valence-electron chi connectivity index (χ1n) is 9.57. The van der Waals surface area contributed by atoms with Crippen LogP contribution in [-0.2, 0) is 9.59 Å². The first-order chi connectivity index (χ1) is 12.4. The number of piperidine rings is 1. The van der Waals surface area contributed by atoms with E-state index in [1.54, 1.807) is 6.92 Å². The molecule has 144 valence electrons. The molecule has 2 atom stereocenters. The molecule has 2 fully saturated rings. The van der Waals surface area contributed by atoms with E-state index >= 15 is 0 Å². The second-order valence-corrected chi connectivity index (χ2v) is 7.63. The van der Waals surface area contributed by atoms with Gasteiger partial charge in [0.05, 0.1) is 0 Å². The molecule has 8 nitrogen and oxygen atoms in total. The zero-order valence-corrected chi connectivity index (χ0v) is 16.0. The quantitative estimate of drug-likeness (QED) is 0.808. The largest absolute Gasteiger partial charge is 0.355 e. The number of carbonyl (C=O) groups excluding carboxylic acids is 2. The van der Waals surface area contributed by atoms with Crippen LogP contribution in [0, 0.1) is 6.92 Å². The minimum Gasteiger partial charge on any atom is -0.355 e. The summed E-state index contributed by atoms with van der Waals surface area (Å²) in [5.74, 6) is 2.32. The molecule has 0 spiro atoms. The Balaban J connectivity index is 1.45. The van der Waals surface area contributed by atoms with E-state index in [1.807, 2.05) is 11.8 Å². The lowest BCUT2D eigenvalue weighted by Crippen LogP contribution is -2.44. The van der Waals surface area contributed by atoms with Crippen molar-refractivity contribution in [3.05, 3.63) is 11.6 Å². The molecule has 3 heterocycles. The van der Waals surface area contributed by atoms with Crippen LogP contribution in [0.5, 0.6) is 0 Å². The van der Waals surface area contributed by atoms with Gasteiger partial charge >= 0.3 is 0 Å². The monoisotopic (exact) mass is 362 g/mol. The van der Waals surface area contributed by atoms with Crippen molar-refractivity contribution in [2.75, 3.05) is 26.7 Å². The maximum atomic E-state index is 12.7. The molecule has 0 unspecified atom stereocenters. The Morgan fingerprint density at radius 3 is 2.50 bits per heavy atom. The van der Waals surface area contributed by atoms with Crippen molar-refractivity contribution in [1.82, 2.24) is 30.3 Å². The normalized spacial score (nSPS) is 24.8. The zero-order valence-electron chi connectivity index (χ0n) is 16.0. The van der Waals surface area contributed by atoms with Gasteiger partial charge in [0.2, 0.25) is 11.8 Å². The maximum Gasteiger partial charge on any atom is 0.224 e. The highest BCUT2D eigenvalue weighted by molar-refractivity contribution is 5.77. The molecule has 3 rings (SSSR count). The summed E-state index contributed by atoms with van der Waals surface area (Å²) in [7, 11) is 2.06. The molecule has 8 heteroatoms. The van der Waals surface area contributed by atoms with E-state index in [9.17, 15) is 9.59 Å². The summed E-state index contributed by atoms with van der Waals surface area (Å²) >= 11 is 0. The van der Waals surface area contributed by atoms with Crippen molar-refractivity contribution >= 4 is 11.8 Å². The number of rotatable bonds is 5. The molecular weight excluding hydrogens is 332 g/mol. The summed E-state index contributed by atoms with van der Waals surface area (Å²) in [4.78, 5) is 32.5. The summed E-state index contributed by atoms with van der Waals surface area (Å²) < 4.78 is 0. The van der Waals surface area contributed by atoms with Gasteiger partial charge in [0.1, 0.15) is 5.82 Å². The van der Waals surface area contributed by atoms with E-state index < -0.39 is 0 Å². The van der Waals surface area contributed by atoms with Gasteiger partial charge in [-0.2, -0.15) is 5.10 Å². The fourth-order valence-electron chi connectivity index (χ4n) is 4.10. The molecule has 2 aliphatic heterocycles. The number of likely N-dealkylation sites (N-methyl/N-ethyl adjacent to an activating group) is 1. The van der Waals surface area contributed by atoms with E-state index in [0.29, 0.717) is 24.9 Å². The minimum absolute atomic E-state index is 0.00222. The van der Waals surface area contributed by atoms with Crippen LogP contribution in [0.1, 0.15) is 56.6 Å². The maximum absolute atomic E-state index is 12.7. The van der Waals surface area contributed by atoms with Crippen LogP contribution in [-0.4, -0.2) is 75.6 Å². The number of aromatic amines is 1. The zero-order chi connectivity index (χ0) is 18.7. The standard InChI is InChI=1S/C18H30N6O2/c1-12-20-18(22-21-12)14-6-8-24(9-7-14)17(26)10-15-4-5-16(23(15)3)11-19-13(2)25/h14-16H,4-11H2,1-3H3,(H,19,25)(H,20,21,22)/t15-,16+/m0/s1. The summed E-state index contributed by atoms with van der Waals surface area (Å²) in [6.07, 6.45) is 4.46. The number of H-pyrrole nitrogens is 1. The van der Waals surface area contributed by atoms with E-state index in [-0.39, 0.29) is 17.9 Å². The predicted octanol–water partition coefficient (Wildman–Crippen LogP) is 0.808. The van der Waals surface area contributed by atoms with Crippen molar-refractivity contribution in [2.24, 2.45) is 0 Å². The average molecular weight is 362 g/mol. The molecule has 0 aromatic carbocycles. The summed E-state index contributed by atoms with van der Waals surface area (Å²) in [5, 5.41) is 10.1. The van der Waals surface area contributed by atoms with Gasteiger partial charge in [0.25, 0.3) is 0 Å². The molecule has 1 aromatic heterocycles. The number of likely N-dealkylation sites (tertiary alicyclic amines) is 2. The third-order valence-electron chi connectivity index (χ3n) is 5.81. The van der Waals surface area contributed by atoms with Crippen LogP contribution in [0.2, 0.25) is 0 Å². The highest BCUT2D eigenvalue weighted by atomic mass is 16.2. The van der Waals surface area contributed by atoms with E-state index in [4.69, 9.17) is 0 Å². The fraction of sp³-hybridized carbons (Fsp3) is 0.778. The Bertz CT molecular complexity index is 637. The van der Waals surface area contributed by atoms with Gasteiger partial charge in [-0.05, 0) is 39.7 Å². The van der Waals surface area contributed by atoms with Crippen LogP contribution in [0.25, 0.3) is 0 Å². The molecule has 0 aliphatic carbocycles. The van der Waals surface area contributed by atoms with Gasteiger partial charge in [-0.15, -0.1) is 0 Å². The number of aromatic nitrogens is 3. The second-order valence-electron chi connectivity index (χ2n) is 7.63. The average Bonchev–Trinajstić information content (AvgIpc) is 3.20. The fourth-order valence-corrected chi connectivity index (χ4v) is 4.10. The summed E-state index contributed by atoms with van der Waals surface area (Å²) in [6, 6.07) is 0.603. The van der Waals surface area contributed by atoms with E-state index in [1.165, 1.54) is 0 Å².